The maximum absolute atomic E-state index is 12.8. The van der Waals surface area contributed by atoms with Crippen LogP contribution in [0.4, 0.5) is 4.79 Å². The number of imide groups is 1. The van der Waals surface area contributed by atoms with E-state index in [0.29, 0.717) is 17.2 Å². The molecule has 0 saturated carbocycles. The van der Waals surface area contributed by atoms with Crippen molar-refractivity contribution in [2.75, 3.05) is 13.3 Å². The summed E-state index contributed by atoms with van der Waals surface area (Å²) in [7, 11) is 0. The Labute approximate surface area is 149 Å². The average molecular weight is 355 g/mol. The molecule has 3 heterocycles. The number of fused-ring (bicyclic) bond motifs is 1. The highest BCUT2D eigenvalue weighted by molar-refractivity contribution is 6.10. The third-order valence-electron chi connectivity index (χ3n) is 4.54. The van der Waals surface area contributed by atoms with Gasteiger partial charge in [-0.25, -0.2) is 4.79 Å². The van der Waals surface area contributed by atoms with E-state index in [1.807, 2.05) is 6.07 Å². The van der Waals surface area contributed by atoms with Gasteiger partial charge in [-0.3, -0.25) is 14.5 Å². The summed E-state index contributed by atoms with van der Waals surface area (Å²) >= 11 is 0. The first kappa shape index (κ1) is 16.2. The number of benzene rings is 1. The lowest BCUT2D eigenvalue weighted by Gasteiger charge is -2.21. The number of hydrogen-bond acceptors (Lipinski definition) is 5. The molecule has 1 atom stereocenters. The molecule has 0 radical (unpaired) electrons. The van der Waals surface area contributed by atoms with Gasteiger partial charge in [-0.2, -0.15) is 0 Å². The summed E-state index contributed by atoms with van der Waals surface area (Å²) in [6, 6.07) is 8.10. The fourth-order valence-corrected chi connectivity index (χ4v) is 3.20. The molecule has 8 nitrogen and oxygen atoms in total. The van der Waals surface area contributed by atoms with Crippen molar-refractivity contribution in [3.63, 3.8) is 0 Å². The maximum atomic E-state index is 12.8. The molecule has 3 amide bonds. The molecule has 0 spiro atoms. The van der Waals surface area contributed by atoms with Gasteiger partial charge in [0.2, 0.25) is 6.79 Å². The van der Waals surface area contributed by atoms with E-state index in [-0.39, 0.29) is 25.5 Å². The van der Waals surface area contributed by atoms with E-state index in [2.05, 4.69) is 10.3 Å². The highest BCUT2D eigenvalue weighted by Crippen LogP contribution is 2.34. The van der Waals surface area contributed by atoms with Crippen LogP contribution in [0.15, 0.2) is 36.5 Å². The van der Waals surface area contributed by atoms with Gasteiger partial charge in [0.15, 0.2) is 17.3 Å². The van der Waals surface area contributed by atoms with E-state index >= 15 is 0 Å². The number of aromatic amines is 1. The Morgan fingerprint density at radius 2 is 2.04 bits per heavy atom. The van der Waals surface area contributed by atoms with Crippen molar-refractivity contribution in [2.24, 2.45) is 0 Å². The number of nitrogens with one attached hydrogen (secondary N) is 2. The molecule has 2 aromatic rings. The van der Waals surface area contributed by atoms with Gasteiger partial charge in [0.25, 0.3) is 5.91 Å². The third kappa shape index (κ3) is 2.69. The number of amides is 3. The molecule has 8 heteroatoms. The second-order valence-corrected chi connectivity index (χ2v) is 6.52. The monoisotopic (exact) mass is 355 g/mol. The molecule has 26 heavy (non-hydrogen) atoms. The van der Waals surface area contributed by atoms with Crippen LogP contribution in [0, 0.1) is 0 Å². The van der Waals surface area contributed by atoms with Gasteiger partial charge in [-0.15, -0.1) is 0 Å². The number of hydrogen-bond donors (Lipinski definition) is 2. The summed E-state index contributed by atoms with van der Waals surface area (Å²) in [5.74, 6) is 0.506. The molecule has 4 rings (SSSR count). The number of urea groups is 1. The van der Waals surface area contributed by atoms with Crippen molar-refractivity contribution in [1.29, 1.82) is 0 Å². The summed E-state index contributed by atoms with van der Waals surface area (Å²) in [4.78, 5) is 41.0. The quantitative estimate of drug-likeness (QED) is 0.625. The summed E-state index contributed by atoms with van der Waals surface area (Å²) < 4.78 is 10.6. The predicted molar refractivity (Wildman–Crippen MR) is 90.0 cm³/mol. The molecule has 1 aromatic carbocycles. The Hall–Kier alpha value is -3.29. The summed E-state index contributed by atoms with van der Waals surface area (Å²) in [5.41, 5.74) is 0.0544. The maximum Gasteiger partial charge on any atom is 0.325 e. The fourth-order valence-electron chi connectivity index (χ4n) is 3.20. The Balaban J connectivity index is 1.51. The highest BCUT2D eigenvalue weighted by atomic mass is 16.7. The molecule has 0 aliphatic carbocycles. The van der Waals surface area contributed by atoms with Crippen molar-refractivity contribution < 1.29 is 23.9 Å². The van der Waals surface area contributed by atoms with Crippen LogP contribution >= 0.6 is 0 Å². The van der Waals surface area contributed by atoms with Crippen LogP contribution in [0.5, 0.6) is 11.5 Å². The van der Waals surface area contributed by atoms with Crippen LogP contribution in [0.25, 0.3) is 0 Å². The van der Waals surface area contributed by atoms with Gasteiger partial charge in [-0.1, -0.05) is 6.07 Å². The molecule has 0 bridgehead atoms. The minimum Gasteiger partial charge on any atom is -0.454 e. The first-order chi connectivity index (χ1) is 12.5. The van der Waals surface area contributed by atoms with Crippen LogP contribution in [-0.4, -0.2) is 46.5 Å². The summed E-state index contributed by atoms with van der Waals surface area (Å²) in [6.45, 7) is 1.51. The molecule has 0 unspecified atom stereocenters. The number of rotatable bonds is 5. The predicted octanol–water partition coefficient (Wildman–Crippen LogP) is 1.48. The zero-order valence-electron chi connectivity index (χ0n) is 14.1. The van der Waals surface area contributed by atoms with Crippen LogP contribution in [0.2, 0.25) is 0 Å². The van der Waals surface area contributed by atoms with Crippen molar-refractivity contribution >= 4 is 17.7 Å². The number of aromatic nitrogens is 1. The number of nitrogens with zero attached hydrogens (tertiary/aromatic N) is 1. The zero-order chi connectivity index (χ0) is 18.3. The normalized spacial score (nSPS) is 21.2. The van der Waals surface area contributed by atoms with Crippen LogP contribution in [0.1, 0.15) is 23.0 Å². The molecular weight excluding hydrogens is 338 g/mol. The summed E-state index contributed by atoms with van der Waals surface area (Å²) in [5, 5.41) is 2.70. The Bertz CT molecular complexity index is 892. The van der Waals surface area contributed by atoms with Crippen molar-refractivity contribution in [1.82, 2.24) is 15.2 Å². The molecule has 2 aliphatic heterocycles. The van der Waals surface area contributed by atoms with Crippen LogP contribution in [-0.2, 0) is 11.2 Å². The molecule has 1 saturated heterocycles. The number of H-pyrrole nitrogens is 1. The van der Waals surface area contributed by atoms with Crippen LogP contribution in [0.3, 0.4) is 0 Å². The molecule has 2 N–H and O–H groups in total. The van der Waals surface area contributed by atoms with Crippen molar-refractivity contribution in [3.8, 4) is 11.5 Å². The van der Waals surface area contributed by atoms with E-state index in [1.54, 1.807) is 37.4 Å². The molecular formula is C18H17N3O5. The molecule has 134 valence electrons. The van der Waals surface area contributed by atoms with Gasteiger partial charge in [0.05, 0.1) is 12.2 Å². The van der Waals surface area contributed by atoms with Crippen molar-refractivity contribution in [2.45, 2.75) is 18.9 Å². The Kier molecular flexibility index (Phi) is 3.68. The smallest absolute Gasteiger partial charge is 0.325 e. The second-order valence-electron chi connectivity index (χ2n) is 6.52. The average Bonchev–Trinajstić information content (AvgIpc) is 3.32. The van der Waals surface area contributed by atoms with Gasteiger partial charge in [0.1, 0.15) is 5.54 Å². The molecule has 2 aliphatic rings. The lowest BCUT2D eigenvalue weighted by atomic mass is 9.92. The van der Waals surface area contributed by atoms with E-state index in [0.717, 1.165) is 10.5 Å². The number of carbonyl (C=O) groups excluding carboxylic acids is 3. The van der Waals surface area contributed by atoms with E-state index < -0.39 is 17.5 Å². The largest absolute Gasteiger partial charge is 0.454 e. The van der Waals surface area contributed by atoms with Gasteiger partial charge >= 0.3 is 6.03 Å². The topological polar surface area (TPSA) is 101 Å². The van der Waals surface area contributed by atoms with Crippen molar-refractivity contribution in [3.05, 3.63) is 47.8 Å². The fraction of sp³-hybridized carbons (Fsp3) is 0.278. The minimum atomic E-state index is -1.12. The summed E-state index contributed by atoms with van der Waals surface area (Å²) in [6.07, 6.45) is 1.89. The lowest BCUT2D eigenvalue weighted by molar-refractivity contribution is -0.130. The number of Topliss-reactive ketones (excluding diaryl/α,β-unsaturated/α-hetero) is 1. The first-order valence-electron chi connectivity index (χ1n) is 8.15. The Morgan fingerprint density at radius 3 is 2.81 bits per heavy atom. The highest BCUT2D eigenvalue weighted by Gasteiger charge is 2.48. The number of carbonyl (C=O) groups is 3. The number of ether oxygens (including phenoxy) is 2. The SMILES string of the molecule is C[C@]1(Cc2ccc3c(c2)OCO3)NC(=O)N(CC(=O)c2ccc[nH]2)C1=O. The number of ketones is 1. The Morgan fingerprint density at radius 1 is 1.23 bits per heavy atom. The standard InChI is InChI=1S/C18H17N3O5/c1-18(8-11-4-5-14-15(7-11)26-10-25-14)16(23)21(17(24)20-18)9-13(22)12-3-2-6-19-12/h2-7,19H,8-10H2,1H3,(H,20,24)/t18-/m1/s1. The minimum absolute atomic E-state index is 0.167. The molecule has 1 aromatic heterocycles. The van der Waals surface area contributed by atoms with Crippen LogP contribution < -0.4 is 14.8 Å². The third-order valence-corrected chi connectivity index (χ3v) is 4.54. The van der Waals surface area contributed by atoms with E-state index in [1.165, 1.54) is 0 Å². The molecule has 1 fully saturated rings. The van der Waals surface area contributed by atoms with E-state index in [4.69, 9.17) is 9.47 Å². The lowest BCUT2D eigenvalue weighted by Crippen LogP contribution is -2.46. The second kappa shape index (κ2) is 5.91. The van der Waals surface area contributed by atoms with Gasteiger partial charge < -0.3 is 19.8 Å². The van der Waals surface area contributed by atoms with E-state index in [9.17, 15) is 14.4 Å². The zero-order valence-corrected chi connectivity index (χ0v) is 14.1. The first-order valence-corrected chi connectivity index (χ1v) is 8.15. The van der Waals surface area contributed by atoms with Gasteiger partial charge in [0, 0.05) is 12.6 Å². The van der Waals surface area contributed by atoms with Gasteiger partial charge in [-0.05, 0) is 36.8 Å².